The summed E-state index contributed by atoms with van der Waals surface area (Å²) in [7, 11) is 0. The van der Waals surface area contributed by atoms with Gasteiger partial charge in [-0.25, -0.2) is 5.43 Å². The van der Waals surface area contributed by atoms with Crippen LogP contribution in [0.15, 0.2) is 34.4 Å². The van der Waals surface area contributed by atoms with Crippen molar-refractivity contribution in [3.63, 3.8) is 0 Å². The predicted molar refractivity (Wildman–Crippen MR) is 83.8 cm³/mol. The van der Waals surface area contributed by atoms with Gasteiger partial charge in [0.1, 0.15) is 6.42 Å². The lowest BCUT2D eigenvalue weighted by Crippen LogP contribution is -2.29. The average molecular weight is 368 g/mol. The summed E-state index contributed by atoms with van der Waals surface area (Å²) in [5.41, 5.74) is 2.99. The molecule has 8 heteroatoms. The lowest BCUT2D eigenvalue weighted by molar-refractivity contribution is -0.129. The predicted octanol–water partition coefficient (Wildman–Crippen LogP) is 1.32. The fraction of sp³-hybridized carbons (Fsp3) is 0.214. The van der Waals surface area contributed by atoms with E-state index in [9.17, 15) is 9.59 Å². The minimum atomic E-state index is -0.505. The Labute approximate surface area is 135 Å². The maximum atomic E-state index is 11.5. The van der Waals surface area contributed by atoms with Crippen molar-refractivity contribution in [2.24, 2.45) is 5.10 Å². The molecular weight excluding hydrogens is 354 g/mol. The number of hydrogen-bond acceptors (Lipinski definition) is 5. The van der Waals surface area contributed by atoms with Crippen molar-refractivity contribution in [3.8, 4) is 11.5 Å². The van der Waals surface area contributed by atoms with Gasteiger partial charge < -0.3 is 14.8 Å². The Balaban J connectivity index is 1.88. The third kappa shape index (κ3) is 4.32. The molecule has 0 radical (unpaired) electrons. The van der Waals surface area contributed by atoms with E-state index in [1.165, 1.54) is 12.3 Å². The maximum absolute atomic E-state index is 11.5. The summed E-state index contributed by atoms with van der Waals surface area (Å²) in [5.74, 6) is 0.360. The van der Waals surface area contributed by atoms with Crippen molar-refractivity contribution >= 4 is 34.0 Å². The summed E-state index contributed by atoms with van der Waals surface area (Å²) < 4.78 is 11.2. The van der Waals surface area contributed by atoms with Crippen LogP contribution >= 0.6 is 15.9 Å². The molecule has 0 atom stereocenters. The lowest BCUT2D eigenvalue weighted by Gasteiger charge is -2.02. The summed E-state index contributed by atoms with van der Waals surface area (Å²) in [6.45, 7) is 3.96. The van der Waals surface area contributed by atoms with Crippen LogP contribution in [0.5, 0.6) is 11.5 Å². The van der Waals surface area contributed by atoms with Gasteiger partial charge in [-0.3, -0.25) is 9.59 Å². The molecule has 1 heterocycles. The largest absolute Gasteiger partial charge is 0.454 e. The Morgan fingerprint density at radius 2 is 2.05 bits per heavy atom. The Morgan fingerprint density at radius 1 is 1.32 bits per heavy atom. The zero-order valence-electron chi connectivity index (χ0n) is 11.6. The van der Waals surface area contributed by atoms with Crippen molar-refractivity contribution < 1.29 is 19.1 Å². The molecule has 116 valence electrons. The molecule has 0 aromatic heterocycles. The number of carbonyl (C=O) groups is 2. The van der Waals surface area contributed by atoms with Crippen molar-refractivity contribution in [2.75, 3.05) is 13.3 Å². The molecule has 0 spiro atoms. The fourth-order valence-corrected chi connectivity index (χ4v) is 2.06. The first-order valence-electron chi connectivity index (χ1n) is 6.39. The molecule has 1 aliphatic rings. The van der Waals surface area contributed by atoms with Crippen LogP contribution in [0.4, 0.5) is 0 Å². The molecule has 2 amide bonds. The number of fused-ring (bicyclic) bond motifs is 1. The van der Waals surface area contributed by atoms with Gasteiger partial charge in [0, 0.05) is 16.6 Å². The number of ether oxygens (including phenoxy) is 2. The minimum Gasteiger partial charge on any atom is -0.454 e. The normalized spacial score (nSPS) is 12.2. The van der Waals surface area contributed by atoms with E-state index >= 15 is 0 Å². The first-order chi connectivity index (χ1) is 10.6. The highest BCUT2D eigenvalue weighted by atomic mass is 79.9. The molecule has 1 aromatic carbocycles. The van der Waals surface area contributed by atoms with Crippen LogP contribution in [0.1, 0.15) is 12.0 Å². The highest BCUT2D eigenvalue weighted by Crippen LogP contribution is 2.36. The molecule has 0 bridgehead atoms. The van der Waals surface area contributed by atoms with E-state index in [0.717, 1.165) is 4.47 Å². The number of nitrogens with zero attached hydrogens (tertiary/aromatic N) is 1. The summed E-state index contributed by atoms with van der Waals surface area (Å²) in [6.07, 6.45) is 2.68. The Morgan fingerprint density at radius 3 is 2.77 bits per heavy atom. The molecule has 0 unspecified atom stereocenters. The van der Waals surface area contributed by atoms with Crippen LogP contribution in [-0.2, 0) is 9.59 Å². The van der Waals surface area contributed by atoms with Crippen LogP contribution in [0.3, 0.4) is 0 Å². The first-order valence-corrected chi connectivity index (χ1v) is 7.18. The third-order valence-corrected chi connectivity index (χ3v) is 3.34. The van der Waals surface area contributed by atoms with Crippen LogP contribution in [0.2, 0.25) is 0 Å². The second-order valence-electron chi connectivity index (χ2n) is 4.29. The summed E-state index contributed by atoms with van der Waals surface area (Å²) in [6, 6.07) is 3.49. The fourth-order valence-electron chi connectivity index (χ4n) is 1.64. The van der Waals surface area contributed by atoms with Crippen LogP contribution in [0, 0.1) is 0 Å². The molecule has 1 aliphatic heterocycles. The number of nitrogens with one attached hydrogen (secondary N) is 2. The van der Waals surface area contributed by atoms with Gasteiger partial charge >= 0.3 is 0 Å². The van der Waals surface area contributed by atoms with Gasteiger partial charge in [-0.1, -0.05) is 6.08 Å². The van der Waals surface area contributed by atoms with E-state index < -0.39 is 11.8 Å². The molecule has 2 rings (SSSR count). The highest BCUT2D eigenvalue weighted by molar-refractivity contribution is 9.10. The molecule has 0 aliphatic carbocycles. The molecule has 1 aromatic rings. The number of halogens is 1. The second kappa shape index (κ2) is 7.60. The van der Waals surface area contributed by atoms with E-state index in [0.29, 0.717) is 23.6 Å². The SMILES string of the molecule is C=CCNC(=O)CC(=O)N/N=C\c1cc2c(cc1Br)OCO2. The zero-order chi connectivity index (χ0) is 15.9. The molecular formula is C14H14BrN3O4. The molecule has 22 heavy (non-hydrogen) atoms. The van der Waals surface area contributed by atoms with Gasteiger partial charge in [0.05, 0.1) is 6.21 Å². The van der Waals surface area contributed by atoms with Crippen LogP contribution < -0.4 is 20.2 Å². The second-order valence-corrected chi connectivity index (χ2v) is 5.14. The van der Waals surface area contributed by atoms with Crippen LogP contribution in [-0.4, -0.2) is 31.4 Å². The summed E-state index contributed by atoms with van der Waals surface area (Å²) in [5, 5.41) is 6.31. The highest BCUT2D eigenvalue weighted by Gasteiger charge is 2.15. The summed E-state index contributed by atoms with van der Waals surface area (Å²) >= 11 is 3.37. The van der Waals surface area contributed by atoms with Crippen molar-refractivity contribution in [3.05, 3.63) is 34.8 Å². The summed E-state index contributed by atoms with van der Waals surface area (Å²) in [4.78, 5) is 22.8. The van der Waals surface area contributed by atoms with Crippen molar-refractivity contribution in [1.29, 1.82) is 0 Å². The lowest BCUT2D eigenvalue weighted by atomic mass is 10.2. The van der Waals surface area contributed by atoms with E-state index in [-0.39, 0.29) is 13.2 Å². The Bertz CT molecular complexity index is 631. The average Bonchev–Trinajstić information content (AvgIpc) is 2.92. The van der Waals surface area contributed by atoms with Gasteiger partial charge in [-0.15, -0.1) is 6.58 Å². The zero-order valence-corrected chi connectivity index (χ0v) is 13.2. The number of carbonyl (C=O) groups excluding carboxylic acids is 2. The third-order valence-electron chi connectivity index (χ3n) is 2.65. The van der Waals surface area contributed by atoms with Gasteiger partial charge in [-0.05, 0) is 28.1 Å². The van der Waals surface area contributed by atoms with E-state index in [1.54, 1.807) is 12.1 Å². The Kier molecular flexibility index (Phi) is 5.54. The first kappa shape index (κ1) is 16.0. The monoisotopic (exact) mass is 367 g/mol. The standard InChI is InChI=1S/C14H14BrN3O4/c1-2-3-16-13(19)6-14(20)18-17-7-9-4-11-12(5-10(9)15)22-8-21-11/h2,4-5,7H,1,3,6,8H2,(H,16,19)(H,18,20)/b17-7-. The number of hydrogen-bond donors (Lipinski definition) is 2. The molecule has 0 saturated carbocycles. The van der Waals surface area contributed by atoms with Gasteiger partial charge in [0.2, 0.25) is 18.6 Å². The van der Waals surface area contributed by atoms with Crippen molar-refractivity contribution in [2.45, 2.75) is 6.42 Å². The molecule has 2 N–H and O–H groups in total. The number of amides is 2. The van der Waals surface area contributed by atoms with E-state index in [1.807, 2.05) is 0 Å². The van der Waals surface area contributed by atoms with Gasteiger partial charge in [0.25, 0.3) is 0 Å². The Hall–Kier alpha value is -2.35. The topological polar surface area (TPSA) is 89.0 Å². The van der Waals surface area contributed by atoms with E-state index in [4.69, 9.17) is 9.47 Å². The molecule has 0 fully saturated rings. The molecule has 0 saturated heterocycles. The van der Waals surface area contributed by atoms with Crippen molar-refractivity contribution in [1.82, 2.24) is 10.7 Å². The van der Waals surface area contributed by atoms with Gasteiger partial charge in [0.15, 0.2) is 11.5 Å². The van der Waals surface area contributed by atoms with Gasteiger partial charge in [-0.2, -0.15) is 5.10 Å². The van der Waals surface area contributed by atoms with E-state index in [2.05, 4.69) is 38.4 Å². The molecule has 7 nitrogen and oxygen atoms in total. The minimum absolute atomic E-state index is 0.179. The quantitative estimate of drug-likeness (QED) is 0.343. The number of hydrazone groups is 1. The number of benzene rings is 1. The van der Waals surface area contributed by atoms with Crippen LogP contribution in [0.25, 0.3) is 0 Å². The number of rotatable bonds is 6. The smallest absolute Gasteiger partial charge is 0.249 e. The maximum Gasteiger partial charge on any atom is 0.249 e.